The molecule has 0 radical (unpaired) electrons. The highest BCUT2D eigenvalue weighted by Gasteiger charge is 2.25. The second kappa shape index (κ2) is 9.52. The predicted octanol–water partition coefficient (Wildman–Crippen LogP) is 1.85. The zero-order valence-electron chi connectivity index (χ0n) is 11.5. The number of rotatable bonds is 4. The first kappa shape index (κ1) is 19.6. The van der Waals surface area contributed by atoms with Crippen molar-refractivity contribution in [2.75, 3.05) is 19.7 Å². The molecule has 0 aliphatic carbocycles. The fourth-order valence-corrected chi connectivity index (χ4v) is 2.80. The van der Waals surface area contributed by atoms with Gasteiger partial charge in [-0.2, -0.15) is 0 Å². The van der Waals surface area contributed by atoms with Gasteiger partial charge >= 0.3 is 0 Å². The summed E-state index contributed by atoms with van der Waals surface area (Å²) < 4.78 is 5.43. The number of hydrogen-bond acceptors (Lipinski definition) is 5. The highest BCUT2D eigenvalue weighted by Crippen LogP contribution is 2.21. The fraction of sp³-hybridized carbons (Fsp3) is 0.667. The number of ether oxygens (including phenoxy) is 1. The Morgan fingerprint density at radius 3 is 2.90 bits per heavy atom. The van der Waals surface area contributed by atoms with Gasteiger partial charge in [-0.3, -0.25) is 4.79 Å². The van der Waals surface area contributed by atoms with Crippen LogP contribution < -0.4 is 10.6 Å². The summed E-state index contributed by atoms with van der Waals surface area (Å²) in [6.45, 7) is 5.99. The van der Waals surface area contributed by atoms with Gasteiger partial charge < -0.3 is 15.4 Å². The third kappa shape index (κ3) is 5.18. The normalized spacial score (nSPS) is 19.4. The van der Waals surface area contributed by atoms with E-state index >= 15 is 0 Å². The molecule has 2 atom stereocenters. The molecule has 1 fully saturated rings. The number of thiazole rings is 1. The number of halogens is 2. The van der Waals surface area contributed by atoms with Crippen LogP contribution in [-0.2, 0) is 9.53 Å². The predicted molar refractivity (Wildman–Crippen MR) is 85.1 cm³/mol. The summed E-state index contributed by atoms with van der Waals surface area (Å²) in [5.74, 6) is -0.0538. The maximum absolute atomic E-state index is 12.0. The lowest BCUT2D eigenvalue weighted by Gasteiger charge is -2.24. The zero-order valence-corrected chi connectivity index (χ0v) is 14.0. The van der Waals surface area contributed by atoms with Crippen molar-refractivity contribution in [1.82, 2.24) is 15.6 Å². The van der Waals surface area contributed by atoms with Crippen LogP contribution in [0.3, 0.4) is 0 Å². The van der Waals surface area contributed by atoms with Gasteiger partial charge in [-0.15, -0.1) is 36.2 Å². The zero-order chi connectivity index (χ0) is 13.0. The summed E-state index contributed by atoms with van der Waals surface area (Å²) in [7, 11) is 0. The SMILES string of the molecule is CCC(NC(=O)C1CNCCO1)c1nc(C)cs1.Cl.Cl. The Morgan fingerprint density at radius 1 is 1.65 bits per heavy atom. The van der Waals surface area contributed by atoms with Crippen molar-refractivity contribution < 1.29 is 9.53 Å². The lowest BCUT2D eigenvalue weighted by Crippen LogP contribution is -2.48. The van der Waals surface area contributed by atoms with Gasteiger partial charge in [0, 0.05) is 24.2 Å². The number of morpholine rings is 1. The van der Waals surface area contributed by atoms with Gasteiger partial charge in [0.05, 0.1) is 12.6 Å². The third-order valence-electron chi connectivity index (χ3n) is 2.88. The van der Waals surface area contributed by atoms with Crippen molar-refractivity contribution in [1.29, 1.82) is 0 Å². The smallest absolute Gasteiger partial charge is 0.251 e. The van der Waals surface area contributed by atoms with Gasteiger partial charge in [-0.25, -0.2) is 4.98 Å². The Bertz CT molecular complexity index is 411. The molecule has 0 saturated carbocycles. The summed E-state index contributed by atoms with van der Waals surface area (Å²) >= 11 is 1.59. The van der Waals surface area contributed by atoms with Crippen LogP contribution >= 0.6 is 36.2 Å². The van der Waals surface area contributed by atoms with Crippen molar-refractivity contribution in [3.63, 3.8) is 0 Å². The number of carbonyl (C=O) groups excluding carboxylic acids is 1. The second-order valence-electron chi connectivity index (χ2n) is 4.36. The van der Waals surface area contributed by atoms with Gasteiger partial charge in [-0.1, -0.05) is 6.92 Å². The monoisotopic (exact) mass is 341 g/mol. The minimum Gasteiger partial charge on any atom is -0.366 e. The largest absolute Gasteiger partial charge is 0.366 e. The van der Waals surface area contributed by atoms with Gasteiger partial charge in [-0.05, 0) is 13.3 Å². The first-order chi connectivity index (χ1) is 8.70. The van der Waals surface area contributed by atoms with Gasteiger partial charge in [0.25, 0.3) is 5.91 Å². The molecule has 1 aromatic rings. The van der Waals surface area contributed by atoms with Crippen LogP contribution in [0.2, 0.25) is 0 Å². The first-order valence-electron chi connectivity index (χ1n) is 6.25. The molecule has 0 bridgehead atoms. The van der Waals surface area contributed by atoms with Crippen LogP contribution in [-0.4, -0.2) is 36.7 Å². The van der Waals surface area contributed by atoms with Crippen LogP contribution in [0.15, 0.2) is 5.38 Å². The van der Waals surface area contributed by atoms with Crippen LogP contribution in [0, 0.1) is 6.92 Å². The van der Waals surface area contributed by atoms with Crippen LogP contribution in [0.1, 0.15) is 30.1 Å². The number of aryl methyl sites for hydroxylation is 1. The summed E-state index contributed by atoms with van der Waals surface area (Å²) in [6, 6.07) is -0.0123. The Morgan fingerprint density at radius 2 is 2.40 bits per heavy atom. The minimum atomic E-state index is -0.381. The summed E-state index contributed by atoms with van der Waals surface area (Å²) in [6.07, 6.45) is 0.451. The molecule has 20 heavy (non-hydrogen) atoms. The van der Waals surface area contributed by atoms with E-state index in [0.29, 0.717) is 13.2 Å². The Kier molecular flexibility index (Phi) is 9.33. The van der Waals surface area contributed by atoms with E-state index in [-0.39, 0.29) is 42.9 Å². The Hall–Kier alpha value is -0.400. The molecule has 2 heterocycles. The fourth-order valence-electron chi connectivity index (χ4n) is 1.87. The molecular weight excluding hydrogens is 321 g/mol. The molecule has 1 amide bonds. The molecule has 1 aliphatic rings. The maximum atomic E-state index is 12.0. The van der Waals surface area contributed by atoms with Crippen molar-refractivity contribution >= 4 is 42.1 Å². The molecule has 0 aromatic carbocycles. The lowest BCUT2D eigenvalue weighted by atomic mass is 10.2. The van der Waals surface area contributed by atoms with Crippen LogP contribution in [0.5, 0.6) is 0 Å². The van der Waals surface area contributed by atoms with E-state index in [1.807, 2.05) is 19.2 Å². The molecule has 2 unspecified atom stereocenters. The number of aromatic nitrogens is 1. The van der Waals surface area contributed by atoms with Crippen molar-refractivity contribution in [2.45, 2.75) is 32.4 Å². The summed E-state index contributed by atoms with van der Waals surface area (Å²) in [5.41, 5.74) is 0.998. The van der Waals surface area contributed by atoms with E-state index < -0.39 is 0 Å². The Labute approximate surface area is 135 Å². The number of amides is 1. The van der Waals surface area contributed by atoms with E-state index in [4.69, 9.17) is 4.74 Å². The number of nitrogens with zero attached hydrogens (tertiary/aromatic N) is 1. The average molecular weight is 342 g/mol. The number of hydrogen-bond donors (Lipinski definition) is 2. The topological polar surface area (TPSA) is 63.2 Å². The molecule has 2 rings (SSSR count). The van der Waals surface area contributed by atoms with Crippen LogP contribution in [0.4, 0.5) is 0 Å². The number of nitrogens with one attached hydrogen (secondary N) is 2. The standard InChI is InChI=1S/C12H19N3O2S.2ClH/c1-3-9(12-14-8(2)7-18-12)15-11(16)10-6-13-4-5-17-10;;/h7,9-10,13H,3-6H2,1-2H3,(H,15,16);2*1H. The molecule has 116 valence electrons. The molecule has 2 N–H and O–H groups in total. The van der Waals surface area contributed by atoms with Gasteiger partial charge in [0.1, 0.15) is 11.1 Å². The van der Waals surface area contributed by atoms with Crippen molar-refractivity contribution in [3.8, 4) is 0 Å². The van der Waals surface area contributed by atoms with E-state index in [0.717, 1.165) is 23.7 Å². The van der Waals surface area contributed by atoms with Gasteiger partial charge in [0.15, 0.2) is 0 Å². The molecule has 1 saturated heterocycles. The third-order valence-corrected chi connectivity index (χ3v) is 3.96. The second-order valence-corrected chi connectivity index (χ2v) is 5.25. The first-order valence-corrected chi connectivity index (χ1v) is 7.13. The van der Waals surface area contributed by atoms with E-state index in [9.17, 15) is 4.79 Å². The number of carbonyl (C=O) groups is 1. The van der Waals surface area contributed by atoms with E-state index in [1.165, 1.54) is 0 Å². The van der Waals surface area contributed by atoms with Crippen molar-refractivity contribution in [2.24, 2.45) is 0 Å². The molecule has 1 aromatic heterocycles. The Balaban J connectivity index is 0.00000180. The average Bonchev–Trinajstić information content (AvgIpc) is 2.83. The molecule has 5 nitrogen and oxygen atoms in total. The molecular formula is C12H21Cl2N3O2S. The van der Waals surface area contributed by atoms with Crippen LogP contribution in [0.25, 0.3) is 0 Å². The lowest BCUT2D eigenvalue weighted by molar-refractivity contribution is -0.135. The summed E-state index contributed by atoms with van der Waals surface area (Å²) in [4.78, 5) is 16.5. The quantitative estimate of drug-likeness (QED) is 0.877. The van der Waals surface area contributed by atoms with Gasteiger partial charge in [0.2, 0.25) is 0 Å². The highest BCUT2D eigenvalue weighted by molar-refractivity contribution is 7.09. The summed E-state index contributed by atoms with van der Waals surface area (Å²) in [5, 5.41) is 9.13. The van der Waals surface area contributed by atoms with Crippen molar-refractivity contribution in [3.05, 3.63) is 16.1 Å². The van der Waals surface area contributed by atoms with E-state index in [2.05, 4.69) is 15.6 Å². The van der Waals surface area contributed by atoms with E-state index in [1.54, 1.807) is 11.3 Å². The maximum Gasteiger partial charge on any atom is 0.251 e. The highest BCUT2D eigenvalue weighted by atomic mass is 35.5. The molecule has 1 aliphatic heterocycles. The molecule has 0 spiro atoms. The molecule has 8 heteroatoms. The minimum absolute atomic E-state index is 0.